The number of fused-ring (bicyclic) bond motifs is 1. The summed E-state index contributed by atoms with van der Waals surface area (Å²) in [5, 5.41) is 0. The molecule has 0 saturated carbocycles. The molecule has 3 fully saturated rings. The standard InChI is InChI=1S/C19H30N4O3S/c1-14-5-4-6-15(21-14)8-10-23-12-17-16(11-20-27(24,25)22(2)3)18-7-9-19(17,13-23)26-18/h4-6,16-18,20H,7-13H2,1-3H3/t16-,17+,18+,19+/m0/s1. The van der Waals surface area contributed by atoms with Crippen molar-refractivity contribution >= 4 is 10.2 Å². The molecule has 1 aromatic rings. The molecule has 150 valence electrons. The predicted molar refractivity (Wildman–Crippen MR) is 104 cm³/mol. The summed E-state index contributed by atoms with van der Waals surface area (Å²) in [4.78, 5) is 7.08. The van der Waals surface area contributed by atoms with E-state index in [0.29, 0.717) is 12.5 Å². The quantitative estimate of drug-likeness (QED) is 0.741. The normalized spacial score (nSPS) is 33.1. The van der Waals surface area contributed by atoms with Crippen LogP contribution in [-0.4, -0.2) is 74.6 Å². The van der Waals surface area contributed by atoms with Gasteiger partial charge in [0.25, 0.3) is 10.2 Å². The van der Waals surface area contributed by atoms with E-state index in [4.69, 9.17) is 4.74 Å². The summed E-state index contributed by atoms with van der Waals surface area (Å²) in [6, 6.07) is 6.17. The molecule has 8 heteroatoms. The second kappa shape index (κ2) is 7.08. The number of nitrogens with one attached hydrogen (secondary N) is 1. The number of hydrogen-bond donors (Lipinski definition) is 1. The highest BCUT2D eigenvalue weighted by Gasteiger charge is 2.62. The molecule has 4 rings (SSSR count). The highest BCUT2D eigenvalue weighted by Crippen LogP contribution is 2.54. The second-order valence-corrected chi connectivity index (χ2v) is 10.4. The van der Waals surface area contributed by atoms with Crippen molar-refractivity contribution in [2.75, 3.05) is 40.3 Å². The minimum atomic E-state index is -3.39. The van der Waals surface area contributed by atoms with Gasteiger partial charge in [-0.25, -0.2) is 4.72 Å². The van der Waals surface area contributed by atoms with Crippen LogP contribution in [0.2, 0.25) is 0 Å². The molecule has 0 aromatic carbocycles. The third-order valence-electron chi connectivity index (χ3n) is 6.47. The molecule has 1 spiro atoms. The van der Waals surface area contributed by atoms with E-state index in [-0.39, 0.29) is 17.6 Å². The molecule has 27 heavy (non-hydrogen) atoms. The van der Waals surface area contributed by atoms with Gasteiger partial charge in [0.2, 0.25) is 0 Å². The second-order valence-electron chi connectivity index (χ2n) is 8.42. The van der Waals surface area contributed by atoms with Gasteiger partial charge in [-0.3, -0.25) is 9.88 Å². The van der Waals surface area contributed by atoms with Gasteiger partial charge in [0.05, 0.1) is 11.7 Å². The highest BCUT2D eigenvalue weighted by atomic mass is 32.2. The predicted octanol–water partition coefficient (Wildman–Crippen LogP) is 0.808. The van der Waals surface area contributed by atoms with Gasteiger partial charge in [0.15, 0.2) is 0 Å². The van der Waals surface area contributed by atoms with E-state index in [0.717, 1.165) is 50.3 Å². The van der Waals surface area contributed by atoms with Crippen LogP contribution in [0.15, 0.2) is 18.2 Å². The zero-order valence-corrected chi connectivity index (χ0v) is 17.2. The maximum Gasteiger partial charge on any atom is 0.278 e. The topological polar surface area (TPSA) is 74.8 Å². The van der Waals surface area contributed by atoms with Gasteiger partial charge < -0.3 is 4.74 Å². The van der Waals surface area contributed by atoms with Crippen LogP contribution < -0.4 is 4.72 Å². The smallest absolute Gasteiger partial charge is 0.278 e. The van der Waals surface area contributed by atoms with Gasteiger partial charge in [0.1, 0.15) is 0 Å². The first kappa shape index (κ1) is 19.3. The summed E-state index contributed by atoms with van der Waals surface area (Å²) >= 11 is 0. The molecule has 3 saturated heterocycles. The lowest BCUT2D eigenvalue weighted by Crippen LogP contribution is -2.44. The van der Waals surface area contributed by atoms with Crippen molar-refractivity contribution in [3.05, 3.63) is 29.6 Å². The Morgan fingerprint density at radius 2 is 2.22 bits per heavy atom. The SMILES string of the molecule is Cc1cccc(CCN2C[C@@H]3[C@H](CNS(=O)(=O)N(C)C)[C@H]4CC[C@]3(C2)O4)n1. The molecular formula is C19H30N4O3S. The summed E-state index contributed by atoms with van der Waals surface area (Å²) in [7, 11) is -0.285. The number of rotatable bonds is 7. The van der Waals surface area contributed by atoms with E-state index in [9.17, 15) is 8.42 Å². The molecule has 2 bridgehead atoms. The van der Waals surface area contributed by atoms with E-state index in [1.54, 1.807) is 14.1 Å². The molecule has 0 aliphatic carbocycles. The van der Waals surface area contributed by atoms with Crippen LogP contribution in [0.4, 0.5) is 0 Å². The monoisotopic (exact) mass is 394 g/mol. The van der Waals surface area contributed by atoms with E-state index in [1.165, 1.54) is 4.31 Å². The zero-order chi connectivity index (χ0) is 19.2. The number of nitrogens with zero attached hydrogens (tertiary/aromatic N) is 3. The molecule has 7 nitrogen and oxygen atoms in total. The van der Waals surface area contributed by atoms with Gasteiger partial charge in [-0.15, -0.1) is 0 Å². The number of aryl methyl sites for hydroxylation is 1. The minimum absolute atomic E-state index is 0.0705. The molecular weight excluding hydrogens is 364 g/mol. The van der Waals surface area contributed by atoms with Gasteiger partial charge >= 0.3 is 0 Å². The number of hydrogen-bond acceptors (Lipinski definition) is 5. The van der Waals surface area contributed by atoms with Crippen molar-refractivity contribution < 1.29 is 13.2 Å². The average Bonchev–Trinajstić information content (AvgIpc) is 3.26. The van der Waals surface area contributed by atoms with Crippen molar-refractivity contribution in [3.8, 4) is 0 Å². The van der Waals surface area contributed by atoms with Gasteiger partial charge in [-0.2, -0.15) is 12.7 Å². The van der Waals surface area contributed by atoms with Crippen molar-refractivity contribution in [2.24, 2.45) is 11.8 Å². The van der Waals surface area contributed by atoms with Gasteiger partial charge in [-0.1, -0.05) is 6.07 Å². The van der Waals surface area contributed by atoms with E-state index in [2.05, 4.69) is 26.7 Å². The fourth-order valence-electron chi connectivity index (χ4n) is 5.07. The van der Waals surface area contributed by atoms with Crippen LogP contribution >= 0.6 is 0 Å². The Labute approximate surface area is 162 Å². The third kappa shape index (κ3) is 3.65. The van der Waals surface area contributed by atoms with Crippen molar-refractivity contribution in [1.29, 1.82) is 0 Å². The third-order valence-corrected chi connectivity index (χ3v) is 7.96. The summed E-state index contributed by atoms with van der Waals surface area (Å²) in [5.41, 5.74) is 2.11. The Morgan fingerprint density at radius 3 is 2.96 bits per heavy atom. The van der Waals surface area contributed by atoms with E-state index in [1.807, 2.05) is 13.0 Å². The first-order chi connectivity index (χ1) is 12.8. The zero-order valence-electron chi connectivity index (χ0n) is 16.4. The summed E-state index contributed by atoms with van der Waals surface area (Å²) < 4.78 is 34.6. The molecule has 3 aliphatic rings. The molecule has 1 N–H and O–H groups in total. The Kier molecular flexibility index (Phi) is 5.05. The largest absolute Gasteiger partial charge is 0.370 e. The molecule has 1 aromatic heterocycles. The lowest BCUT2D eigenvalue weighted by atomic mass is 9.74. The Morgan fingerprint density at radius 1 is 1.41 bits per heavy atom. The summed E-state index contributed by atoms with van der Waals surface area (Å²) in [5.74, 6) is 0.669. The first-order valence-electron chi connectivity index (χ1n) is 9.79. The molecule has 0 radical (unpaired) electrons. The molecule has 0 amide bonds. The number of aromatic nitrogens is 1. The minimum Gasteiger partial charge on any atom is -0.370 e. The Bertz CT molecular complexity index is 800. The van der Waals surface area contributed by atoms with Crippen LogP contribution in [0.1, 0.15) is 24.2 Å². The van der Waals surface area contributed by atoms with Crippen molar-refractivity contribution in [1.82, 2.24) is 18.9 Å². The summed E-state index contributed by atoms with van der Waals surface area (Å²) in [6.45, 7) is 5.39. The molecule has 4 atom stereocenters. The van der Waals surface area contributed by atoms with E-state index < -0.39 is 10.2 Å². The van der Waals surface area contributed by atoms with Crippen molar-refractivity contribution in [3.63, 3.8) is 0 Å². The average molecular weight is 395 g/mol. The Hall–Kier alpha value is -1.06. The lowest BCUT2D eigenvalue weighted by Gasteiger charge is -2.29. The van der Waals surface area contributed by atoms with Crippen LogP contribution in [0, 0.1) is 18.8 Å². The van der Waals surface area contributed by atoms with Crippen LogP contribution in [0.3, 0.4) is 0 Å². The van der Waals surface area contributed by atoms with Crippen LogP contribution in [0.25, 0.3) is 0 Å². The van der Waals surface area contributed by atoms with E-state index >= 15 is 0 Å². The van der Waals surface area contributed by atoms with Gasteiger partial charge in [0, 0.05) is 69.9 Å². The fourth-order valence-corrected chi connectivity index (χ4v) is 5.73. The first-order valence-corrected chi connectivity index (χ1v) is 11.2. The summed E-state index contributed by atoms with van der Waals surface area (Å²) in [6.07, 6.45) is 3.27. The van der Waals surface area contributed by atoms with Crippen molar-refractivity contribution in [2.45, 2.75) is 37.9 Å². The molecule has 0 unspecified atom stereocenters. The number of likely N-dealkylation sites (tertiary alicyclic amines) is 1. The van der Waals surface area contributed by atoms with Crippen LogP contribution in [0.5, 0.6) is 0 Å². The number of ether oxygens (including phenoxy) is 1. The fraction of sp³-hybridized carbons (Fsp3) is 0.737. The molecule has 3 aliphatic heterocycles. The van der Waals surface area contributed by atoms with Gasteiger partial charge in [-0.05, 0) is 31.9 Å². The maximum absolute atomic E-state index is 12.1. The highest BCUT2D eigenvalue weighted by molar-refractivity contribution is 7.87. The number of pyridine rings is 1. The Balaban J connectivity index is 1.38. The maximum atomic E-state index is 12.1. The van der Waals surface area contributed by atoms with Crippen LogP contribution in [-0.2, 0) is 21.4 Å². The lowest BCUT2D eigenvalue weighted by molar-refractivity contribution is 0.00291. The molecule has 4 heterocycles.